The fraction of sp³-hybridized carbons (Fsp3) is 0.179. The van der Waals surface area contributed by atoms with Crippen LogP contribution in [0.15, 0.2) is 78.9 Å². The van der Waals surface area contributed by atoms with E-state index in [0.717, 1.165) is 0 Å². The van der Waals surface area contributed by atoms with Crippen molar-refractivity contribution in [3.05, 3.63) is 90.0 Å². The minimum atomic E-state index is -0.862. The SMILES string of the molecule is COc1ccc([C@H](OC(=O)Nc2ccc(C(C)=O)cc2)[C@@H](C)/C=C/C(=O)Nc2ccccc2N)cc1O. The normalized spacial score (nSPS) is 12.4. The second kappa shape index (κ2) is 12.3. The molecule has 3 aromatic rings. The van der Waals surface area contributed by atoms with Crippen molar-refractivity contribution in [1.29, 1.82) is 0 Å². The Bertz CT molecular complexity index is 1300. The number of rotatable bonds is 9. The van der Waals surface area contributed by atoms with Crippen molar-refractivity contribution in [2.75, 3.05) is 23.5 Å². The first kappa shape index (κ1) is 26.8. The van der Waals surface area contributed by atoms with Gasteiger partial charge in [0.15, 0.2) is 17.3 Å². The highest BCUT2D eigenvalue weighted by atomic mass is 16.6. The maximum absolute atomic E-state index is 12.7. The summed E-state index contributed by atoms with van der Waals surface area (Å²) in [5.74, 6) is -0.829. The summed E-state index contributed by atoms with van der Waals surface area (Å²) in [4.78, 5) is 36.7. The van der Waals surface area contributed by atoms with Gasteiger partial charge in [0.05, 0.1) is 18.5 Å². The molecule has 3 rings (SSSR count). The summed E-state index contributed by atoms with van der Waals surface area (Å²) < 4.78 is 10.8. The van der Waals surface area contributed by atoms with Crippen LogP contribution in [0.3, 0.4) is 0 Å². The number of methoxy groups -OCH3 is 1. The number of ether oxygens (including phenoxy) is 2. The predicted octanol–water partition coefficient (Wildman–Crippen LogP) is 5.31. The van der Waals surface area contributed by atoms with E-state index in [4.69, 9.17) is 15.2 Å². The van der Waals surface area contributed by atoms with Crippen LogP contribution < -0.4 is 21.1 Å². The lowest BCUT2D eigenvalue weighted by atomic mass is 9.96. The van der Waals surface area contributed by atoms with Crippen molar-refractivity contribution in [3.63, 3.8) is 0 Å². The largest absolute Gasteiger partial charge is 0.504 e. The van der Waals surface area contributed by atoms with Crippen LogP contribution in [-0.4, -0.2) is 30.0 Å². The fourth-order valence-corrected chi connectivity index (χ4v) is 3.54. The van der Waals surface area contributed by atoms with E-state index in [1.807, 2.05) is 0 Å². The maximum atomic E-state index is 12.7. The van der Waals surface area contributed by atoms with Crippen molar-refractivity contribution >= 4 is 34.8 Å². The second-order valence-electron chi connectivity index (χ2n) is 8.31. The Morgan fingerprint density at radius 2 is 1.70 bits per heavy atom. The number of Topliss-reactive ketones (excluding diaryl/α,β-unsaturated/α-hetero) is 1. The molecule has 0 fully saturated rings. The molecule has 0 radical (unpaired) electrons. The average molecular weight is 504 g/mol. The van der Waals surface area contributed by atoms with Gasteiger partial charge in [-0.1, -0.05) is 31.2 Å². The summed E-state index contributed by atoms with van der Waals surface area (Å²) in [5.41, 5.74) is 8.23. The molecule has 2 atom stereocenters. The minimum absolute atomic E-state index is 0.0897. The first-order valence-corrected chi connectivity index (χ1v) is 11.5. The Morgan fingerprint density at radius 3 is 2.32 bits per heavy atom. The highest BCUT2D eigenvalue weighted by molar-refractivity contribution is 6.01. The molecule has 0 bridgehead atoms. The number of carbonyl (C=O) groups excluding carboxylic acids is 3. The molecule has 0 aromatic heterocycles. The summed E-state index contributed by atoms with van der Waals surface area (Å²) in [5, 5.41) is 15.6. The molecule has 0 saturated heterocycles. The monoisotopic (exact) mass is 503 g/mol. The van der Waals surface area contributed by atoms with E-state index < -0.39 is 24.0 Å². The number of nitrogens with one attached hydrogen (secondary N) is 2. The molecule has 9 nitrogen and oxygen atoms in total. The molecule has 9 heteroatoms. The number of amides is 2. The summed E-state index contributed by atoms with van der Waals surface area (Å²) >= 11 is 0. The van der Waals surface area contributed by atoms with E-state index in [1.165, 1.54) is 26.2 Å². The Balaban J connectivity index is 1.78. The van der Waals surface area contributed by atoms with Gasteiger partial charge in [-0.2, -0.15) is 0 Å². The average Bonchev–Trinajstić information content (AvgIpc) is 2.87. The number of hydrogen-bond acceptors (Lipinski definition) is 7. The van der Waals surface area contributed by atoms with E-state index in [1.54, 1.807) is 73.7 Å². The van der Waals surface area contributed by atoms with Crippen LogP contribution in [0.4, 0.5) is 21.9 Å². The van der Waals surface area contributed by atoms with Crippen LogP contribution in [0, 0.1) is 5.92 Å². The highest BCUT2D eigenvalue weighted by Crippen LogP contribution is 2.34. The van der Waals surface area contributed by atoms with Gasteiger partial charge in [-0.15, -0.1) is 0 Å². The van der Waals surface area contributed by atoms with Crippen LogP contribution in [0.25, 0.3) is 0 Å². The van der Waals surface area contributed by atoms with E-state index in [0.29, 0.717) is 28.2 Å². The Morgan fingerprint density at radius 1 is 1.00 bits per heavy atom. The lowest BCUT2D eigenvalue weighted by Gasteiger charge is -2.23. The smallest absolute Gasteiger partial charge is 0.412 e. The van der Waals surface area contributed by atoms with Crippen LogP contribution in [-0.2, 0) is 9.53 Å². The zero-order valence-electron chi connectivity index (χ0n) is 20.7. The maximum Gasteiger partial charge on any atom is 0.412 e. The molecule has 0 saturated carbocycles. The first-order chi connectivity index (χ1) is 17.7. The van der Waals surface area contributed by atoms with E-state index in [2.05, 4.69) is 10.6 Å². The zero-order chi connectivity index (χ0) is 26.9. The number of phenolic OH excluding ortho intramolecular Hbond substituents is 1. The van der Waals surface area contributed by atoms with Gasteiger partial charge in [0.25, 0.3) is 0 Å². The molecule has 37 heavy (non-hydrogen) atoms. The lowest BCUT2D eigenvalue weighted by Crippen LogP contribution is -2.21. The number of phenols is 1. The van der Waals surface area contributed by atoms with Crippen molar-refractivity contribution in [2.45, 2.75) is 20.0 Å². The summed E-state index contributed by atoms with van der Waals surface area (Å²) in [6.45, 7) is 3.22. The zero-order valence-corrected chi connectivity index (χ0v) is 20.7. The van der Waals surface area contributed by atoms with E-state index in [-0.39, 0.29) is 17.3 Å². The molecular formula is C28H29N3O6. The molecule has 192 valence electrons. The molecule has 0 unspecified atom stereocenters. The van der Waals surface area contributed by atoms with Gasteiger partial charge in [0, 0.05) is 17.2 Å². The van der Waals surface area contributed by atoms with Gasteiger partial charge >= 0.3 is 6.09 Å². The molecular weight excluding hydrogens is 474 g/mol. The third-order valence-electron chi connectivity index (χ3n) is 5.55. The minimum Gasteiger partial charge on any atom is -0.504 e. The Hall–Kier alpha value is -4.79. The first-order valence-electron chi connectivity index (χ1n) is 11.5. The molecule has 5 N–H and O–H groups in total. The van der Waals surface area contributed by atoms with Crippen molar-refractivity contribution in [2.24, 2.45) is 5.92 Å². The molecule has 3 aromatic carbocycles. The molecule has 0 spiro atoms. The third-order valence-corrected chi connectivity index (χ3v) is 5.55. The van der Waals surface area contributed by atoms with Gasteiger partial charge in [0.2, 0.25) is 5.91 Å². The summed E-state index contributed by atoms with van der Waals surface area (Å²) in [7, 11) is 1.43. The number of anilines is 3. The quantitative estimate of drug-likeness (QED) is 0.176. The summed E-state index contributed by atoms with van der Waals surface area (Å²) in [6.07, 6.45) is 1.31. The number of aromatic hydroxyl groups is 1. The fourth-order valence-electron chi connectivity index (χ4n) is 3.54. The van der Waals surface area contributed by atoms with E-state index >= 15 is 0 Å². The molecule has 0 heterocycles. The lowest BCUT2D eigenvalue weighted by molar-refractivity contribution is -0.111. The van der Waals surface area contributed by atoms with Gasteiger partial charge in [-0.25, -0.2) is 4.79 Å². The van der Waals surface area contributed by atoms with Crippen molar-refractivity contribution in [3.8, 4) is 11.5 Å². The highest BCUT2D eigenvalue weighted by Gasteiger charge is 2.24. The number of ketones is 1. The number of nitrogens with two attached hydrogens (primary N) is 1. The molecule has 0 aliphatic heterocycles. The number of carbonyl (C=O) groups is 3. The third kappa shape index (κ3) is 7.35. The van der Waals surface area contributed by atoms with Gasteiger partial charge in [-0.3, -0.25) is 14.9 Å². The van der Waals surface area contributed by atoms with Crippen molar-refractivity contribution < 1.29 is 29.0 Å². The van der Waals surface area contributed by atoms with Gasteiger partial charge < -0.3 is 25.6 Å². The van der Waals surface area contributed by atoms with Crippen molar-refractivity contribution in [1.82, 2.24) is 0 Å². The molecule has 0 aliphatic carbocycles. The topological polar surface area (TPSA) is 140 Å². The number of benzene rings is 3. The molecule has 0 aliphatic rings. The predicted molar refractivity (Wildman–Crippen MR) is 142 cm³/mol. The Labute approximate surface area is 214 Å². The van der Waals surface area contributed by atoms with Crippen LogP contribution >= 0.6 is 0 Å². The summed E-state index contributed by atoms with van der Waals surface area (Å²) in [6, 6.07) is 17.9. The number of hydrogen-bond donors (Lipinski definition) is 4. The van der Waals surface area contributed by atoms with Gasteiger partial charge in [-0.05, 0) is 67.1 Å². The van der Waals surface area contributed by atoms with Crippen LogP contribution in [0.5, 0.6) is 11.5 Å². The molecule has 2 amide bonds. The Kier molecular flexibility index (Phi) is 8.88. The standard InChI is InChI=1S/C28H29N3O6/c1-17(8-15-26(34)31-23-7-5-4-6-22(23)29)27(20-11-14-25(36-3)24(33)16-20)37-28(35)30-21-12-9-19(10-13-21)18(2)32/h4-17,27,33H,29H2,1-3H3,(H,30,35)(H,31,34)/b15-8+/t17-,27+/m0/s1. The number of para-hydroxylation sites is 2. The van der Waals surface area contributed by atoms with E-state index in [9.17, 15) is 19.5 Å². The van der Waals surface area contributed by atoms with Crippen LogP contribution in [0.1, 0.15) is 35.9 Å². The second-order valence-corrected chi connectivity index (χ2v) is 8.31. The van der Waals surface area contributed by atoms with Gasteiger partial charge in [0.1, 0.15) is 6.10 Å². The number of nitrogen functional groups attached to an aromatic ring is 1. The van der Waals surface area contributed by atoms with Crippen LogP contribution in [0.2, 0.25) is 0 Å².